The summed E-state index contributed by atoms with van der Waals surface area (Å²) < 4.78 is 16.1. The van der Waals surface area contributed by atoms with Gasteiger partial charge < -0.3 is 19.5 Å². The van der Waals surface area contributed by atoms with E-state index in [-0.39, 0.29) is 19.0 Å². The van der Waals surface area contributed by atoms with Crippen LogP contribution in [0.15, 0.2) is 71.1 Å². The predicted octanol–water partition coefficient (Wildman–Crippen LogP) is 4.72. The number of benzene rings is 2. The maximum absolute atomic E-state index is 14.3. The number of Topliss-reactive ketones (excluding diaryl/α,β-unsaturated/α-hetero) is 1. The summed E-state index contributed by atoms with van der Waals surface area (Å²) in [6, 6.07) is 15.1. The zero-order valence-corrected chi connectivity index (χ0v) is 21.9. The van der Waals surface area contributed by atoms with Crippen LogP contribution in [0.3, 0.4) is 0 Å². The fraction of sp³-hybridized carbons (Fsp3) is 0.367. The number of carbonyl (C=O) groups excluding carboxylic acids is 3. The van der Waals surface area contributed by atoms with Gasteiger partial charge in [0.1, 0.15) is 11.7 Å². The molecule has 2 aromatic rings. The maximum atomic E-state index is 14.3. The number of dihydropyridines is 1. The minimum absolute atomic E-state index is 0.163. The van der Waals surface area contributed by atoms with Crippen molar-refractivity contribution < 1.29 is 28.6 Å². The third kappa shape index (κ3) is 4.90. The zero-order chi connectivity index (χ0) is 26.7. The van der Waals surface area contributed by atoms with Crippen LogP contribution in [-0.4, -0.2) is 38.0 Å². The van der Waals surface area contributed by atoms with Crippen molar-refractivity contribution in [3.8, 4) is 5.75 Å². The molecule has 3 atom stereocenters. The van der Waals surface area contributed by atoms with Crippen LogP contribution in [0.4, 0.5) is 0 Å². The molecule has 37 heavy (non-hydrogen) atoms. The highest BCUT2D eigenvalue weighted by Crippen LogP contribution is 2.48. The molecule has 1 heterocycles. The first-order valence-corrected chi connectivity index (χ1v) is 12.6. The summed E-state index contributed by atoms with van der Waals surface area (Å²) >= 11 is 0. The first-order chi connectivity index (χ1) is 17.8. The third-order valence-electron chi connectivity index (χ3n) is 7.10. The van der Waals surface area contributed by atoms with E-state index in [1.165, 1.54) is 0 Å². The van der Waals surface area contributed by atoms with Crippen molar-refractivity contribution in [1.29, 1.82) is 0 Å². The molecule has 194 valence electrons. The normalized spacial score (nSPS) is 21.2. The SMILES string of the molecule is CCOC(=O)C1=C(C)NC2=C(C(=O)[C@H](C(=O)OCC)[C@H](c3ccc(OC)cc3)C2)[C@H]1c1ccccc1C. The standard InChI is InChI=1S/C30H33NO6/c1-6-36-29(33)24-18(4)31-23-16-22(19-12-14-20(35-5)15-13-19)26(30(34)37-7-2)28(32)27(23)25(24)21-11-9-8-10-17(21)3/h8-15,22,25-26,31H,6-7,16H2,1-5H3/t22-,25-,26+/m0/s1. The smallest absolute Gasteiger partial charge is 0.336 e. The lowest BCUT2D eigenvalue weighted by atomic mass is 9.66. The number of methoxy groups -OCH3 is 1. The van der Waals surface area contributed by atoms with Gasteiger partial charge >= 0.3 is 11.9 Å². The monoisotopic (exact) mass is 503 g/mol. The molecular weight excluding hydrogens is 470 g/mol. The number of hydrogen-bond donors (Lipinski definition) is 1. The topological polar surface area (TPSA) is 90.9 Å². The minimum Gasteiger partial charge on any atom is -0.497 e. The van der Waals surface area contributed by atoms with Crippen LogP contribution in [0.2, 0.25) is 0 Å². The number of esters is 2. The third-order valence-corrected chi connectivity index (χ3v) is 7.10. The van der Waals surface area contributed by atoms with Gasteiger partial charge in [-0.15, -0.1) is 0 Å². The van der Waals surface area contributed by atoms with Crippen molar-refractivity contribution in [3.05, 3.63) is 87.8 Å². The van der Waals surface area contributed by atoms with Crippen molar-refractivity contribution in [2.24, 2.45) is 5.92 Å². The molecule has 1 aliphatic carbocycles. The molecular formula is C30H33NO6. The van der Waals surface area contributed by atoms with Crippen molar-refractivity contribution >= 4 is 17.7 Å². The van der Waals surface area contributed by atoms with E-state index in [4.69, 9.17) is 14.2 Å². The minimum atomic E-state index is -1.04. The molecule has 0 radical (unpaired) electrons. The zero-order valence-electron chi connectivity index (χ0n) is 21.9. The summed E-state index contributed by atoms with van der Waals surface area (Å²) in [7, 11) is 1.59. The number of allylic oxidation sites excluding steroid dienone is 3. The predicted molar refractivity (Wildman–Crippen MR) is 139 cm³/mol. The van der Waals surface area contributed by atoms with Crippen LogP contribution >= 0.6 is 0 Å². The van der Waals surface area contributed by atoms with Gasteiger partial charge in [0.25, 0.3) is 0 Å². The van der Waals surface area contributed by atoms with E-state index in [1.807, 2.05) is 62.4 Å². The van der Waals surface area contributed by atoms with Crippen molar-refractivity contribution in [3.63, 3.8) is 0 Å². The molecule has 0 bridgehead atoms. The Morgan fingerprint density at radius 3 is 2.27 bits per heavy atom. The van der Waals surface area contributed by atoms with Gasteiger partial charge in [0.15, 0.2) is 5.78 Å². The van der Waals surface area contributed by atoms with Crippen molar-refractivity contribution in [1.82, 2.24) is 5.32 Å². The first-order valence-electron chi connectivity index (χ1n) is 12.6. The Kier molecular flexibility index (Phi) is 7.81. The van der Waals surface area contributed by atoms with Gasteiger partial charge in [0, 0.05) is 28.8 Å². The molecule has 0 fully saturated rings. The molecule has 2 aliphatic rings. The fourth-order valence-corrected chi connectivity index (χ4v) is 5.40. The Morgan fingerprint density at radius 1 is 0.973 bits per heavy atom. The lowest BCUT2D eigenvalue weighted by Crippen LogP contribution is -2.43. The molecule has 1 N–H and O–H groups in total. The molecule has 0 spiro atoms. The number of nitrogens with one attached hydrogen (secondary N) is 1. The summed E-state index contributed by atoms with van der Waals surface area (Å²) in [6.07, 6.45) is 0.409. The van der Waals surface area contributed by atoms with Gasteiger partial charge in [-0.3, -0.25) is 9.59 Å². The molecule has 4 rings (SSSR count). The molecule has 7 heteroatoms. The van der Waals surface area contributed by atoms with Crippen LogP contribution in [0.1, 0.15) is 55.7 Å². The quantitative estimate of drug-likeness (QED) is 0.432. The average molecular weight is 504 g/mol. The van der Waals surface area contributed by atoms with Gasteiger partial charge in [0.05, 0.1) is 25.9 Å². The van der Waals surface area contributed by atoms with Crippen molar-refractivity contribution in [2.75, 3.05) is 20.3 Å². The summed E-state index contributed by atoms with van der Waals surface area (Å²) in [5.41, 5.74) is 4.77. The van der Waals surface area contributed by atoms with Crippen LogP contribution < -0.4 is 10.1 Å². The van der Waals surface area contributed by atoms with Gasteiger partial charge in [-0.1, -0.05) is 36.4 Å². The Morgan fingerprint density at radius 2 is 1.65 bits per heavy atom. The summed E-state index contributed by atoms with van der Waals surface area (Å²) in [5, 5.41) is 3.33. The van der Waals surface area contributed by atoms with E-state index in [1.54, 1.807) is 21.0 Å². The molecule has 0 aromatic heterocycles. The summed E-state index contributed by atoms with van der Waals surface area (Å²) in [6.45, 7) is 7.62. The fourth-order valence-electron chi connectivity index (χ4n) is 5.40. The molecule has 0 unspecified atom stereocenters. The maximum Gasteiger partial charge on any atom is 0.336 e. The summed E-state index contributed by atoms with van der Waals surface area (Å²) in [5.74, 6) is -2.82. The summed E-state index contributed by atoms with van der Waals surface area (Å²) in [4.78, 5) is 40.8. The second kappa shape index (κ2) is 11.0. The van der Waals surface area contributed by atoms with Crippen LogP contribution in [0.5, 0.6) is 5.75 Å². The Balaban J connectivity index is 1.90. The Bertz CT molecular complexity index is 1270. The highest BCUT2D eigenvalue weighted by Gasteiger charge is 2.49. The van der Waals surface area contributed by atoms with E-state index >= 15 is 0 Å². The van der Waals surface area contributed by atoms with Crippen molar-refractivity contribution in [2.45, 2.75) is 46.0 Å². The Hall–Kier alpha value is -3.87. The van der Waals surface area contributed by atoms with Gasteiger partial charge in [0.2, 0.25) is 0 Å². The largest absolute Gasteiger partial charge is 0.497 e. The number of rotatable bonds is 7. The molecule has 0 amide bonds. The van der Waals surface area contributed by atoms with Gasteiger partial charge in [-0.2, -0.15) is 0 Å². The lowest BCUT2D eigenvalue weighted by Gasteiger charge is -2.39. The van der Waals surface area contributed by atoms with Gasteiger partial charge in [-0.25, -0.2) is 4.79 Å². The van der Waals surface area contributed by atoms with E-state index in [2.05, 4.69) is 5.32 Å². The van der Waals surface area contributed by atoms with E-state index < -0.39 is 29.7 Å². The highest BCUT2D eigenvalue weighted by atomic mass is 16.5. The number of ketones is 1. The molecule has 2 aromatic carbocycles. The number of ether oxygens (including phenoxy) is 3. The number of carbonyl (C=O) groups is 3. The van der Waals surface area contributed by atoms with E-state index in [0.29, 0.717) is 34.7 Å². The van der Waals surface area contributed by atoms with Crippen LogP contribution in [0.25, 0.3) is 0 Å². The van der Waals surface area contributed by atoms with E-state index in [9.17, 15) is 14.4 Å². The van der Waals surface area contributed by atoms with Gasteiger partial charge in [-0.05, 0) is 62.9 Å². The first kappa shape index (κ1) is 26.2. The molecule has 7 nitrogen and oxygen atoms in total. The molecule has 0 saturated carbocycles. The second-order valence-electron chi connectivity index (χ2n) is 9.24. The van der Waals surface area contributed by atoms with Crippen LogP contribution in [-0.2, 0) is 23.9 Å². The highest BCUT2D eigenvalue weighted by molar-refractivity contribution is 6.13. The number of aryl methyl sites for hydroxylation is 1. The van der Waals surface area contributed by atoms with E-state index in [0.717, 1.165) is 16.7 Å². The molecule has 1 aliphatic heterocycles. The average Bonchev–Trinajstić information content (AvgIpc) is 2.88. The second-order valence-corrected chi connectivity index (χ2v) is 9.24. The Labute approximate surface area is 217 Å². The van der Waals surface area contributed by atoms with Crippen LogP contribution in [0, 0.1) is 12.8 Å². The lowest BCUT2D eigenvalue weighted by molar-refractivity contribution is -0.152. The molecule has 0 saturated heterocycles. The number of hydrogen-bond acceptors (Lipinski definition) is 7.